The van der Waals surface area contributed by atoms with Crippen LogP contribution in [0.15, 0.2) is 194 Å². The minimum Gasteiger partial charge on any atom is 1.00 e. The molecule has 4 aliphatic rings. The van der Waals surface area contributed by atoms with E-state index in [2.05, 4.69) is 246 Å². The fraction of sp³-hybridized carbons (Fsp3) is 0.480. The number of nitrogens with zero attached hydrogens (tertiary/aromatic N) is 4. The Hall–Kier alpha value is -1.32. The predicted octanol–water partition coefficient (Wildman–Crippen LogP) is 10.0. The molecule has 514 valence electrons. The van der Waals surface area contributed by atoms with Crippen molar-refractivity contribution < 1.29 is 92.7 Å². The fourth-order valence-corrected chi connectivity index (χ4v) is 15.6. The number of methoxy groups -OCH3 is 1. The summed E-state index contributed by atoms with van der Waals surface area (Å²) in [6.07, 6.45) is 9.47. The quantitative estimate of drug-likeness (QED) is 0.0155. The van der Waals surface area contributed by atoms with Crippen molar-refractivity contribution in [1.29, 1.82) is 0.594 Å². The largest absolute Gasteiger partial charge is 1.00 e. The van der Waals surface area contributed by atoms with Crippen LogP contribution in [0.1, 0.15) is 179 Å². The van der Waals surface area contributed by atoms with Gasteiger partial charge in [-0.1, -0.05) is 274 Å². The molecule has 10 atom stereocenters. The van der Waals surface area contributed by atoms with E-state index in [0.29, 0.717) is 35.4 Å². The molecular formula is C75H102I5Li2N4O8S-. The van der Waals surface area contributed by atoms with Gasteiger partial charge in [0.25, 0.3) is 0 Å². The zero-order valence-corrected chi connectivity index (χ0v) is 70.1. The average Bonchev–Trinajstić information content (AvgIpc) is 1.45. The summed E-state index contributed by atoms with van der Waals surface area (Å²) >= 11 is 6.19. The molecule has 2 saturated heterocycles. The van der Waals surface area contributed by atoms with Crippen LogP contribution in [-0.4, -0.2) is 81.7 Å². The Balaban J connectivity index is 0.000000329. The average molecular weight is 1870 g/mol. The number of esters is 1. The third kappa shape index (κ3) is 26.2. The first-order valence-electron chi connectivity index (χ1n) is 32.8. The van der Waals surface area contributed by atoms with E-state index in [1.54, 1.807) is 6.08 Å². The molecule has 6 aromatic carbocycles. The van der Waals surface area contributed by atoms with E-state index < -0.39 is 46.5 Å². The number of unbranched alkanes of at least 4 members (excludes halogenated alkanes) is 2. The molecule has 6 aromatic rings. The molecule has 95 heavy (non-hydrogen) atoms. The minimum atomic E-state index is -3.12. The van der Waals surface area contributed by atoms with Crippen molar-refractivity contribution in [2.24, 2.45) is 16.7 Å². The third-order valence-electron chi connectivity index (χ3n) is 18.4. The van der Waals surface area contributed by atoms with Crippen molar-refractivity contribution >= 4 is 84.9 Å². The van der Waals surface area contributed by atoms with Gasteiger partial charge in [0, 0.05) is 54.2 Å². The van der Waals surface area contributed by atoms with Crippen molar-refractivity contribution in [3.05, 3.63) is 233 Å². The van der Waals surface area contributed by atoms with Crippen LogP contribution < -0.4 is 60.1 Å². The van der Waals surface area contributed by atoms with Gasteiger partial charge < -0.3 is 25.0 Å². The normalized spacial score (nSPS) is 21.1. The monoisotopic (exact) mass is 1870 g/mol. The van der Waals surface area contributed by atoms with Crippen LogP contribution in [0.2, 0.25) is 0 Å². The fourth-order valence-electron chi connectivity index (χ4n) is 13.2. The maximum Gasteiger partial charge on any atom is 1.00 e. The van der Waals surface area contributed by atoms with Crippen molar-refractivity contribution in [3.8, 4) is 0 Å². The van der Waals surface area contributed by atoms with E-state index in [4.69, 9.17) is 14.9 Å². The summed E-state index contributed by atoms with van der Waals surface area (Å²) in [7, 11) is -1.80. The molecule has 12 nitrogen and oxygen atoms in total. The van der Waals surface area contributed by atoms with Gasteiger partial charge in [0.15, 0.2) is 11.8 Å². The number of hydrogen-bond acceptors (Lipinski definition) is 10. The maximum absolute atomic E-state index is 12.6. The van der Waals surface area contributed by atoms with Gasteiger partial charge >= 0.3 is 135 Å². The number of halogens is 5. The Morgan fingerprint density at radius 3 is 1.59 bits per heavy atom. The summed E-state index contributed by atoms with van der Waals surface area (Å²) in [6, 6.07) is 62.3. The Morgan fingerprint density at radius 2 is 1.18 bits per heavy atom. The van der Waals surface area contributed by atoms with Gasteiger partial charge in [0.2, 0.25) is 10.0 Å². The SMILES string of the molecule is CC1(C)C2CC[C@]13CS(=O)(=O)N1O[C@]13C2.CCCCC(/C=C(\[O-])OC(C)(C)C)N(Cc1ccccc1)[C@@H](C)c1ccccc1.CCCC[C@@H]([C@H](O)C(=O)OC)N(Cc1ccccc1)[C@@H](C)c1ccccc1.C[C@H]([N-]Cc1ccccc1)c1ccccc1.C[I-]I.[2H]I(I)I.[Li+].[Li+]. The van der Waals surface area contributed by atoms with E-state index in [1.165, 1.54) is 40.3 Å². The molecular weight excluding hydrogens is 1770 g/mol. The Morgan fingerprint density at radius 1 is 0.768 bits per heavy atom. The van der Waals surface area contributed by atoms with Crippen LogP contribution in [0.3, 0.4) is 0 Å². The van der Waals surface area contributed by atoms with Crippen molar-refractivity contribution in [3.63, 3.8) is 0 Å². The molecule has 3 unspecified atom stereocenters. The molecule has 1 N–H and O–H groups in total. The molecule has 2 aliphatic heterocycles. The number of fused-ring (bicyclic) bond motifs is 1. The van der Waals surface area contributed by atoms with Crippen molar-refractivity contribution in [2.75, 3.05) is 17.8 Å². The molecule has 10 rings (SSSR count). The Kier molecular flexibility index (Phi) is 40.1. The summed E-state index contributed by atoms with van der Waals surface area (Å²) in [4.78, 5) is 24.5. The molecule has 2 aliphatic carbocycles. The first kappa shape index (κ1) is 86.1. The Bertz CT molecular complexity index is 3250. The van der Waals surface area contributed by atoms with Crippen LogP contribution in [0.5, 0.6) is 0 Å². The molecule has 0 radical (unpaired) electrons. The van der Waals surface area contributed by atoms with Gasteiger partial charge in [0.1, 0.15) is 0 Å². The number of sulfonamides is 1. The van der Waals surface area contributed by atoms with Crippen molar-refractivity contribution in [2.45, 2.75) is 194 Å². The predicted molar refractivity (Wildman–Crippen MR) is 412 cm³/mol. The number of ether oxygens (including phenoxy) is 2. The zero-order chi connectivity index (χ0) is 69.1. The minimum absolute atomic E-state index is 0. The molecule has 2 heterocycles. The molecule has 0 amide bonds. The van der Waals surface area contributed by atoms with Crippen LogP contribution >= 0.6 is 68.9 Å². The van der Waals surface area contributed by atoms with Crippen LogP contribution in [0.25, 0.3) is 5.32 Å². The van der Waals surface area contributed by atoms with E-state index in [9.17, 15) is 23.4 Å². The van der Waals surface area contributed by atoms with E-state index in [0.717, 1.165) is 75.6 Å². The third-order valence-corrected chi connectivity index (χ3v) is 20.1. The number of rotatable bonds is 24. The summed E-state index contributed by atoms with van der Waals surface area (Å²) in [5, 5.41) is 28.0. The van der Waals surface area contributed by atoms with Crippen LogP contribution in [0, 0.1) is 16.7 Å². The van der Waals surface area contributed by atoms with Gasteiger partial charge in [-0.15, -0.1) is 12.6 Å². The number of aliphatic hydroxyl groups excluding tert-OH is 1. The van der Waals surface area contributed by atoms with Gasteiger partial charge in [0.05, 0.1) is 12.9 Å². The first-order valence-corrected chi connectivity index (χ1v) is 55.0. The van der Waals surface area contributed by atoms with Gasteiger partial charge in [-0.3, -0.25) is 14.6 Å². The summed E-state index contributed by atoms with van der Waals surface area (Å²) < 4.78 is 42.2. The molecule has 2 saturated carbocycles. The van der Waals surface area contributed by atoms with Gasteiger partial charge in [-0.2, -0.15) is 0 Å². The zero-order valence-electron chi connectivity index (χ0n) is 59.5. The second-order valence-electron chi connectivity index (χ2n) is 25.8. The number of carbonyl (C=O) groups excluding carboxylic acids is 1. The second-order valence-corrected chi connectivity index (χ2v) is 50.1. The van der Waals surface area contributed by atoms with Crippen LogP contribution in [0.4, 0.5) is 0 Å². The standard InChI is InChI=1S/C26H37NO2.C23H31NO3.C15H16N.C10H15NO3S.CH3I2.HI3.2Li/c1-6-7-18-24(19-25(28)29-26(3,4)5)27(20-22-14-10-8-11-15-22)21(2)23-16-12-9-13-17-23;1-4-5-16-21(22(25)23(26)27-3)24(17-19-12-8-6-9-13-19)18(2)20-14-10-7-11-15-20;1-13(15-10-6-3-7-11-15)16-12-14-8-4-2-5-9-14;1-8(2)7-3-4-9(8)6-15(12,13)11-10(9,5-7)14-11;2*1-3-2;;/h8-17,19,21,24,28H,6-7,18,20H2,1-5H3;6-15,18,21-22,25H,4-5,16-17H2,1-3H3;2-11,13H,12H2,1H3;7H,3-6H2,1-2H3;1H3;3H;;/q;;-1;;-1;;2*+1/p-1/b25-19+;;;;;;;/t21-,24?;18-,21-,22-;13-;7?,9-,10-,11?;;;;/m0000..../s1/i;;;;;3D;;. The smallest absolute Gasteiger partial charge is 1.00 e. The number of hydroxylamine groups is 1. The number of hydrogen-bond donors (Lipinski definition) is 1. The molecule has 2 bridgehead atoms. The Labute approximate surface area is 646 Å². The van der Waals surface area contributed by atoms with Gasteiger partial charge in [-0.05, 0) is 90.1 Å². The van der Waals surface area contributed by atoms with Crippen molar-refractivity contribution in [1.82, 2.24) is 14.3 Å². The van der Waals surface area contributed by atoms with E-state index in [1.807, 2.05) is 81.4 Å². The van der Waals surface area contributed by atoms with Crippen LogP contribution in [-0.2, 0) is 48.8 Å². The molecule has 4 fully saturated rings. The number of benzene rings is 6. The maximum atomic E-state index is 12.6. The summed E-state index contributed by atoms with van der Waals surface area (Å²) in [5.74, 6) is 0.133. The number of alkyl halides is 1. The topological polar surface area (TPSA) is 149 Å². The first-order chi connectivity index (χ1) is 44.7. The van der Waals surface area contributed by atoms with E-state index in [-0.39, 0.29) is 84.7 Å². The van der Waals surface area contributed by atoms with Gasteiger partial charge in [-0.25, -0.2) is 13.2 Å². The molecule has 20 heteroatoms. The summed E-state index contributed by atoms with van der Waals surface area (Å²) in [5.41, 5.74) is 6.44. The van der Waals surface area contributed by atoms with E-state index >= 15 is 0 Å². The molecule has 2 spiro atoms. The number of carbonyl (C=O) groups is 1. The number of aliphatic hydroxyl groups is 1. The second kappa shape index (κ2) is 44.3. The molecule has 0 aromatic heterocycles. The summed E-state index contributed by atoms with van der Waals surface area (Å²) in [6.45, 7) is 23.2.